The molecular weight excluding hydrogens is 202 g/mol. The lowest BCUT2D eigenvalue weighted by molar-refractivity contribution is 0.0932. The molecular formula is C12H19N3O. The van der Waals surface area contributed by atoms with Crippen LogP contribution in [0.3, 0.4) is 0 Å². The van der Waals surface area contributed by atoms with Crippen LogP contribution in [-0.2, 0) is 4.74 Å². The Balaban J connectivity index is 1.95. The van der Waals surface area contributed by atoms with Gasteiger partial charge in [-0.15, -0.1) is 0 Å². The Bertz CT molecular complexity index is 337. The summed E-state index contributed by atoms with van der Waals surface area (Å²) in [7, 11) is 4.13. The molecule has 2 N–H and O–H groups in total. The van der Waals surface area contributed by atoms with Gasteiger partial charge in [0.1, 0.15) is 6.73 Å². The summed E-state index contributed by atoms with van der Waals surface area (Å²) in [4.78, 5) is 4.38. The van der Waals surface area contributed by atoms with E-state index in [0.29, 0.717) is 12.8 Å². The van der Waals surface area contributed by atoms with Crippen LogP contribution < -0.4 is 10.6 Å². The van der Waals surface area contributed by atoms with Gasteiger partial charge in [0.05, 0.1) is 6.10 Å². The molecule has 88 valence electrons. The molecule has 1 unspecified atom stereocenters. The average molecular weight is 221 g/mol. The lowest BCUT2D eigenvalue weighted by atomic mass is 10.2. The normalized spacial score (nSPS) is 20.7. The van der Waals surface area contributed by atoms with Crippen molar-refractivity contribution in [3.63, 3.8) is 0 Å². The number of hydrogen-bond acceptors (Lipinski definition) is 4. The van der Waals surface area contributed by atoms with Crippen LogP contribution in [0.2, 0.25) is 0 Å². The molecule has 0 amide bonds. The summed E-state index contributed by atoms with van der Waals surface area (Å²) in [5.41, 5.74) is 7.64. The Morgan fingerprint density at radius 2 is 2.06 bits per heavy atom. The summed E-state index contributed by atoms with van der Waals surface area (Å²) in [6.45, 7) is 2.58. The molecule has 0 aliphatic carbocycles. The van der Waals surface area contributed by atoms with Crippen LogP contribution >= 0.6 is 0 Å². The highest BCUT2D eigenvalue weighted by atomic mass is 16.5. The molecule has 4 heteroatoms. The number of ether oxygens (including phenoxy) is 1. The highest BCUT2D eigenvalue weighted by Crippen LogP contribution is 2.20. The molecule has 0 radical (unpaired) electrons. The Morgan fingerprint density at radius 3 is 2.69 bits per heavy atom. The SMILES string of the molecule is CN(C)CC1CN(c2ccc(N)cc2)CO1. The van der Waals surface area contributed by atoms with Crippen LogP contribution in [0.25, 0.3) is 0 Å². The van der Waals surface area contributed by atoms with E-state index in [4.69, 9.17) is 10.5 Å². The van der Waals surface area contributed by atoms with E-state index < -0.39 is 0 Å². The van der Waals surface area contributed by atoms with E-state index in [2.05, 4.69) is 23.9 Å². The lowest BCUT2D eigenvalue weighted by Gasteiger charge is -2.17. The number of likely N-dealkylation sites (N-methyl/N-ethyl adjacent to an activating group) is 1. The molecule has 1 aliphatic heterocycles. The van der Waals surface area contributed by atoms with Gasteiger partial charge >= 0.3 is 0 Å². The number of anilines is 2. The molecule has 0 bridgehead atoms. The first kappa shape index (κ1) is 11.2. The molecule has 1 heterocycles. The van der Waals surface area contributed by atoms with Crippen molar-refractivity contribution < 1.29 is 4.74 Å². The van der Waals surface area contributed by atoms with Crippen molar-refractivity contribution in [3.8, 4) is 0 Å². The van der Waals surface area contributed by atoms with Crippen molar-refractivity contribution in [2.24, 2.45) is 0 Å². The van der Waals surface area contributed by atoms with Crippen LogP contribution in [0, 0.1) is 0 Å². The highest BCUT2D eigenvalue weighted by molar-refractivity contribution is 5.53. The third-order valence-electron chi connectivity index (χ3n) is 2.72. The Labute approximate surface area is 96.6 Å². The topological polar surface area (TPSA) is 41.7 Å². The molecule has 4 nitrogen and oxygen atoms in total. The van der Waals surface area contributed by atoms with Crippen LogP contribution in [0.15, 0.2) is 24.3 Å². The Kier molecular flexibility index (Phi) is 3.31. The molecule has 16 heavy (non-hydrogen) atoms. The zero-order chi connectivity index (χ0) is 11.5. The molecule has 1 atom stereocenters. The van der Waals surface area contributed by atoms with Crippen molar-refractivity contribution in [1.82, 2.24) is 4.90 Å². The summed E-state index contributed by atoms with van der Waals surface area (Å²) in [5, 5.41) is 0. The number of benzene rings is 1. The number of rotatable bonds is 3. The number of nitrogens with two attached hydrogens (primary N) is 1. The lowest BCUT2D eigenvalue weighted by Crippen LogP contribution is -2.29. The molecule has 0 spiro atoms. The molecule has 0 saturated carbocycles. The van der Waals surface area contributed by atoms with Gasteiger partial charge in [0.2, 0.25) is 0 Å². The van der Waals surface area contributed by atoms with E-state index in [0.717, 1.165) is 18.8 Å². The van der Waals surface area contributed by atoms with Crippen molar-refractivity contribution in [1.29, 1.82) is 0 Å². The number of hydrogen-bond donors (Lipinski definition) is 1. The van der Waals surface area contributed by atoms with Crippen molar-refractivity contribution in [3.05, 3.63) is 24.3 Å². The first-order chi connectivity index (χ1) is 7.65. The number of nitrogens with zero attached hydrogens (tertiary/aromatic N) is 2. The molecule has 1 aromatic carbocycles. The predicted octanol–water partition coefficient (Wildman–Crippen LogP) is 0.993. The maximum Gasteiger partial charge on any atom is 0.119 e. The van der Waals surface area contributed by atoms with E-state index >= 15 is 0 Å². The van der Waals surface area contributed by atoms with Gasteiger partial charge in [-0.3, -0.25) is 0 Å². The first-order valence-corrected chi connectivity index (χ1v) is 5.52. The minimum absolute atomic E-state index is 0.299. The molecule has 1 fully saturated rings. The predicted molar refractivity (Wildman–Crippen MR) is 66.5 cm³/mol. The van der Waals surface area contributed by atoms with Gasteiger partial charge in [-0.25, -0.2) is 0 Å². The molecule has 2 rings (SSSR count). The summed E-state index contributed by atoms with van der Waals surface area (Å²) in [5.74, 6) is 0. The number of nitrogen functional groups attached to an aromatic ring is 1. The molecule has 0 aromatic heterocycles. The summed E-state index contributed by atoms with van der Waals surface area (Å²) >= 11 is 0. The van der Waals surface area contributed by atoms with Gasteiger partial charge in [0.15, 0.2) is 0 Å². The Hall–Kier alpha value is -1.26. The fourth-order valence-electron chi connectivity index (χ4n) is 1.93. The minimum atomic E-state index is 0.299. The van der Waals surface area contributed by atoms with Gasteiger partial charge < -0.3 is 20.3 Å². The average Bonchev–Trinajstić information content (AvgIpc) is 2.66. The highest BCUT2D eigenvalue weighted by Gasteiger charge is 2.23. The van der Waals surface area contributed by atoms with Gasteiger partial charge in [-0.05, 0) is 38.4 Å². The third-order valence-corrected chi connectivity index (χ3v) is 2.72. The van der Waals surface area contributed by atoms with Gasteiger partial charge in [-0.1, -0.05) is 0 Å². The third kappa shape index (κ3) is 2.65. The van der Waals surface area contributed by atoms with Crippen molar-refractivity contribution >= 4 is 11.4 Å². The quantitative estimate of drug-likeness (QED) is 0.773. The smallest absolute Gasteiger partial charge is 0.119 e. The fourth-order valence-corrected chi connectivity index (χ4v) is 1.93. The largest absolute Gasteiger partial charge is 0.399 e. The van der Waals surface area contributed by atoms with Crippen LogP contribution in [0.4, 0.5) is 11.4 Å². The minimum Gasteiger partial charge on any atom is -0.399 e. The van der Waals surface area contributed by atoms with E-state index in [1.54, 1.807) is 0 Å². The van der Waals surface area contributed by atoms with Crippen molar-refractivity contribution in [2.75, 3.05) is 44.5 Å². The molecule has 1 aromatic rings. The summed E-state index contributed by atoms with van der Waals surface area (Å²) in [6, 6.07) is 7.93. The first-order valence-electron chi connectivity index (χ1n) is 5.52. The molecule has 1 aliphatic rings. The van der Waals surface area contributed by atoms with Gasteiger partial charge in [0.25, 0.3) is 0 Å². The van der Waals surface area contributed by atoms with E-state index in [-0.39, 0.29) is 0 Å². The van der Waals surface area contributed by atoms with Crippen molar-refractivity contribution in [2.45, 2.75) is 6.10 Å². The monoisotopic (exact) mass is 221 g/mol. The zero-order valence-electron chi connectivity index (χ0n) is 9.89. The van der Waals surface area contributed by atoms with E-state index in [9.17, 15) is 0 Å². The standard InChI is InChI=1S/C12H19N3O/c1-14(2)7-12-8-15(9-16-12)11-5-3-10(13)4-6-11/h3-6,12H,7-9,13H2,1-2H3. The van der Waals surface area contributed by atoms with Gasteiger partial charge in [0, 0.05) is 24.5 Å². The maximum atomic E-state index is 5.71. The molecule has 1 saturated heterocycles. The fraction of sp³-hybridized carbons (Fsp3) is 0.500. The summed E-state index contributed by atoms with van der Waals surface area (Å²) in [6.07, 6.45) is 0.299. The van der Waals surface area contributed by atoms with Gasteiger partial charge in [-0.2, -0.15) is 0 Å². The Morgan fingerprint density at radius 1 is 1.38 bits per heavy atom. The second-order valence-corrected chi connectivity index (χ2v) is 4.49. The van der Waals surface area contributed by atoms with Crippen LogP contribution in [0.1, 0.15) is 0 Å². The maximum absolute atomic E-state index is 5.71. The van der Waals surface area contributed by atoms with Crippen LogP contribution in [-0.4, -0.2) is 44.9 Å². The van der Waals surface area contributed by atoms with Crippen LogP contribution in [0.5, 0.6) is 0 Å². The second kappa shape index (κ2) is 4.72. The summed E-state index contributed by atoms with van der Waals surface area (Å²) < 4.78 is 5.71. The second-order valence-electron chi connectivity index (χ2n) is 4.49. The van der Waals surface area contributed by atoms with E-state index in [1.165, 1.54) is 5.69 Å². The van der Waals surface area contributed by atoms with E-state index in [1.807, 2.05) is 24.3 Å². The zero-order valence-corrected chi connectivity index (χ0v) is 9.89.